The summed E-state index contributed by atoms with van der Waals surface area (Å²) in [7, 11) is 0. The van der Waals surface area contributed by atoms with Gasteiger partial charge in [-0.2, -0.15) is 4.98 Å². The first-order valence-corrected chi connectivity index (χ1v) is 10.4. The fourth-order valence-corrected chi connectivity index (χ4v) is 3.56. The van der Waals surface area contributed by atoms with Crippen LogP contribution < -0.4 is 11.0 Å². The van der Waals surface area contributed by atoms with Gasteiger partial charge in [0, 0.05) is 17.8 Å². The molecule has 3 N–H and O–H groups in total. The number of carbonyl (C=O) groups excluding carboxylic acids is 1. The number of amides is 1. The lowest BCUT2D eigenvalue weighted by atomic mass is 10.1. The SMILES string of the molecule is CC(C)Cc1cc(C(=O)Nc2cccc(CCc3nc4ccccc4[nH]3)c2)nc(=O)[nH]1. The Balaban J connectivity index is 1.44. The van der Waals surface area contributed by atoms with Gasteiger partial charge in [0.05, 0.1) is 11.0 Å². The van der Waals surface area contributed by atoms with E-state index < -0.39 is 11.6 Å². The van der Waals surface area contributed by atoms with Crippen molar-refractivity contribution in [3.05, 3.63) is 87.9 Å². The second-order valence-corrected chi connectivity index (χ2v) is 8.05. The first kappa shape index (κ1) is 20.5. The van der Waals surface area contributed by atoms with Crippen LogP contribution >= 0.6 is 0 Å². The van der Waals surface area contributed by atoms with E-state index >= 15 is 0 Å². The average Bonchev–Trinajstić information content (AvgIpc) is 3.15. The van der Waals surface area contributed by atoms with Gasteiger partial charge in [0.15, 0.2) is 0 Å². The van der Waals surface area contributed by atoms with Crippen LogP contribution in [0.5, 0.6) is 0 Å². The minimum Gasteiger partial charge on any atom is -0.342 e. The summed E-state index contributed by atoms with van der Waals surface area (Å²) < 4.78 is 0. The van der Waals surface area contributed by atoms with E-state index in [1.54, 1.807) is 6.07 Å². The molecule has 0 spiro atoms. The van der Waals surface area contributed by atoms with Gasteiger partial charge in [-0.15, -0.1) is 0 Å². The van der Waals surface area contributed by atoms with Crippen molar-refractivity contribution in [3.8, 4) is 0 Å². The number of benzene rings is 2. The zero-order valence-corrected chi connectivity index (χ0v) is 17.6. The highest BCUT2D eigenvalue weighted by atomic mass is 16.2. The number of aromatic amines is 2. The second-order valence-electron chi connectivity index (χ2n) is 8.05. The third kappa shape index (κ3) is 5.25. The van der Waals surface area contributed by atoms with Gasteiger partial charge in [-0.1, -0.05) is 38.1 Å². The highest BCUT2D eigenvalue weighted by molar-refractivity contribution is 6.02. The monoisotopic (exact) mass is 415 g/mol. The van der Waals surface area contributed by atoms with Crippen molar-refractivity contribution < 1.29 is 4.79 Å². The molecule has 0 unspecified atom stereocenters. The lowest BCUT2D eigenvalue weighted by Gasteiger charge is -2.09. The molecule has 4 rings (SSSR count). The number of hydrogen-bond acceptors (Lipinski definition) is 4. The summed E-state index contributed by atoms with van der Waals surface area (Å²) in [5.74, 6) is 0.893. The fraction of sp³-hybridized carbons (Fsp3) is 0.250. The van der Waals surface area contributed by atoms with Crippen LogP contribution in [0.4, 0.5) is 5.69 Å². The molecule has 0 aliphatic heterocycles. The van der Waals surface area contributed by atoms with Crippen LogP contribution in [-0.2, 0) is 19.3 Å². The van der Waals surface area contributed by atoms with Crippen molar-refractivity contribution >= 4 is 22.6 Å². The molecule has 0 saturated heterocycles. The summed E-state index contributed by atoms with van der Waals surface area (Å²) in [6, 6.07) is 17.3. The van der Waals surface area contributed by atoms with E-state index in [0.717, 1.165) is 35.3 Å². The smallest absolute Gasteiger partial charge is 0.342 e. The third-order valence-corrected chi connectivity index (χ3v) is 4.93. The number of nitrogens with zero attached hydrogens (tertiary/aromatic N) is 2. The Morgan fingerprint density at radius 1 is 1.00 bits per heavy atom. The molecule has 0 bridgehead atoms. The molecule has 0 radical (unpaired) electrons. The maximum absolute atomic E-state index is 12.7. The number of carbonyl (C=O) groups is 1. The maximum Gasteiger partial charge on any atom is 0.345 e. The van der Waals surface area contributed by atoms with Gasteiger partial charge in [-0.05, 0) is 54.7 Å². The van der Waals surface area contributed by atoms with E-state index in [9.17, 15) is 9.59 Å². The minimum absolute atomic E-state index is 0.118. The molecule has 0 aliphatic carbocycles. The van der Waals surface area contributed by atoms with Gasteiger partial charge in [0.2, 0.25) is 0 Å². The molecular formula is C24H25N5O2. The number of para-hydroxylation sites is 2. The average molecular weight is 415 g/mol. The predicted octanol–water partition coefficient (Wildman–Crippen LogP) is 3.88. The van der Waals surface area contributed by atoms with Crippen LogP contribution in [-0.4, -0.2) is 25.8 Å². The second kappa shape index (κ2) is 8.95. The molecule has 2 aromatic heterocycles. The van der Waals surface area contributed by atoms with E-state index in [2.05, 4.69) is 39.1 Å². The van der Waals surface area contributed by atoms with Crippen molar-refractivity contribution in [1.82, 2.24) is 19.9 Å². The van der Waals surface area contributed by atoms with Gasteiger partial charge in [-0.25, -0.2) is 9.78 Å². The Morgan fingerprint density at radius 3 is 2.65 bits per heavy atom. The number of anilines is 1. The first-order valence-electron chi connectivity index (χ1n) is 10.4. The minimum atomic E-state index is -0.511. The van der Waals surface area contributed by atoms with Crippen molar-refractivity contribution in [2.24, 2.45) is 5.92 Å². The van der Waals surface area contributed by atoms with Crippen LogP contribution in [0.25, 0.3) is 11.0 Å². The molecule has 1 amide bonds. The number of imidazole rings is 1. The molecule has 0 aliphatic rings. The van der Waals surface area contributed by atoms with Crippen LogP contribution in [0.1, 0.15) is 41.4 Å². The topological polar surface area (TPSA) is 104 Å². The summed E-state index contributed by atoms with van der Waals surface area (Å²) in [6.07, 6.45) is 2.22. The highest BCUT2D eigenvalue weighted by Gasteiger charge is 2.12. The maximum atomic E-state index is 12.7. The molecule has 2 aromatic carbocycles. The zero-order valence-electron chi connectivity index (χ0n) is 17.6. The van der Waals surface area contributed by atoms with Crippen LogP contribution in [0.15, 0.2) is 59.4 Å². The Labute approximate surface area is 180 Å². The van der Waals surface area contributed by atoms with Gasteiger partial charge in [-0.3, -0.25) is 4.79 Å². The number of aryl methyl sites for hydroxylation is 2. The highest BCUT2D eigenvalue weighted by Crippen LogP contribution is 2.16. The summed E-state index contributed by atoms with van der Waals surface area (Å²) in [6.45, 7) is 4.10. The Bertz CT molecular complexity index is 1240. The summed E-state index contributed by atoms with van der Waals surface area (Å²) in [5.41, 5.74) is 4.05. The zero-order chi connectivity index (χ0) is 21.8. The van der Waals surface area contributed by atoms with E-state index in [4.69, 9.17) is 0 Å². The third-order valence-electron chi connectivity index (χ3n) is 4.93. The quantitative estimate of drug-likeness (QED) is 0.426. The Morgan fingerprint density at radius 2 is 1.84 bits per heavy atom. The van der Waals surface area contributed by atoms with Gasteiger partial charge in [0.25, 0.3) is 5.91 Å². The van der Waals surface area contributed by atoms with E-state index in [-0.39, 0.29) is 5.69 Å². The van der Waals surface area contributed by atoms with Gasteiger partial charge in [0.1, 0.15) is 11.5 Å². The van der Waals surface area contributed by atoms with Crippen molar-refractivity contribution in [3.63, 3.8) is 0 Å². The summed E-state index contributed by atoms with van der Waals surface area (Å²) >= 11 is 0. The van der Waals surface area contributed by atoms with Crippen LogP contribution in [0.3, 0.4) is 0 Å². The molecule has 158 valence electrons. The molecular weight excluding hydrogens is 390 g/mol. The molecule has 2 heterocycles. The number of fused-ring (bicyclic) bond motifs is 1. The van der Waals surface area contributed by atoms with E-state index in [1.807, 2.05) is 48.5 Å². The molecule has 4 aromatic rings. The molecule has 7 heteroatoms. The molecule has 0 atom stereocenters. The standard InChI is InChI=1S/C24H25N5O2/c1-15(2)12-18-14-21(29-24(31)26-18)23(30)25-17-7-5-6-16(13-17)10-11-22-27-19-8-3-4-9-20(19)28-22/h3-9,13-15H,10-12H2,1-2H3,(H,25,30)(H,27,28)(H,26,29,31). The van der Waals surface area contributed by atoms with Crippen LogP contribution in [0, 0.1) is 5.92 Å². The largest absolute Gasteiger partial charge is 0.345 e. The van der Waals surface area contributed by atoms with Crippen molar-refractivity contribution in [1.29, 1.82) is 0 Å². The van der Waals surface area contributed by atoms with E-state index in [0.29, 0.717) is 23.7 Å². The normalized spacial score (nSPS) is 11.2. The van der Waals surface area contributed by atoms with Gasteiger partial charge >= 0.3 is 5.69 Å². The number of hydrogen-bond donors (Lipinski definition) is 3. The molecule has 0 saturated carbocycles. The van der Waals surface area contributed by atoms with Crippen molar-refractivity contribution in [2.75, 3.05) is 5.32 Å². The molecule has 0 fully saturated rings. The lowest BCUT2D eigenvalue weighted by Crippen LogP contribution is -2.22. The fourth-order valence-electron chi connectivity index (χ4n) is 3.56. The van der Waals surface area contributed by atoms with Gasteiger partial charge < -0.3 is 15.3 Å². The number of rotatable bonds is 7. The Hall–Kier alpha value is -3.74. The molecule has 31 heavy (non-hydrogen) atoms. The number of aromatic nitrogens is 4. The predicted molar refractivity (Wildman–Crippen MR) is 121 cm³/mol. The summed E-state index contributed by atoms with van der Waals surface area (Å²) in [5, 5.41) is 2.85. The molecule has 7 nitrogen and oxygen atoms in total. The van der Waals surface area contributed by atoms with E-state index in [1.165, 1.54) is 0 Å². The van der Waals surface area contributed by atoms with Crippen LogP contribution in [0.2, 0.25) is 0 Å². The number of H-pyrrole nitrogens is 2. The number of nitrogens with one attached hydrogen (secondary N) is 3. The lowest BCUT2D eigenvalue weighted by molar-refractivity contribution is 0.102. The summed E-state index contributed by atoms with van der Waals surface area (Å²) in [4.78, 5) is 38.9. The van der Waals surface area contributed by atoms with Crippen molar-refractivity contribution in [2.45, 2.75) is 33.1 Å². The Kier molecular flexibility index (Phi) is 5.93. The first-order chi connectivity index (χ1) is 15.0.